The molecule has 1 aromatic carbocycles. The molecule has 3 atom stereocenters. The number of carbonyl (C=O) groups is 1. The van der Waals surface area contributed by atoms with Crippen LogP contribution in [0.15, 0.2) is 53.9 Å². The molecule has 1 amide bonds. The van der Waals surface area contributed by atoms with Gasteiger partial charge in [-0.25, -0.2) is 28.7 Å². The van der Waals surface area contributed by atoms with Crippen LogP contribution in [0.4, 0.5) is 20.3 Å². The average molecular weight is 550 g/mol. The summed E-state index contributed by atoms with van der Waals surface area (Å²) in [4.78, 5) is 30.9. The molecule has 39 heavy (non-hydrogen) atoms. The number of ether oxygens (including phenoxy) is 1. The number of amidine groups is 1. The highest BCUT2D eigenvalue weighted by Crippen LogP contribution is 2.67. The van der Waals surface area contributed by atoms with Gasteiger partial charge in [0.15, 0.2) is 11.0 Å². The predicted octanol–water partition coefficient (Wildman–Crippen LogP) is 3.55. The minimum absolute atomic E-state index is 0.0637. The minimum Gasteiger partial charge on any atom is -0.479 e. The number of terminal acetylenes is 1. The van der Waals surface area contributed by atoms with E-state index in [4.69, 9.17) is 16.9 Å². The van der Waals surface area contributed by atoms with Crippen LogP contribution in [0.25, 0.3) is 11.0 Å². The first-order valence-corrected chi connectivity index (χ1v) is 12.8. The van der Waals surface area contributed by atoms with Gasteiger partial charge in [-0.3, -0.25) is 4.79 Å². The van der Waals surface area contributed by atoms with Crippen LogP contribution in [0, 0.1) is 24.1 Å². The van der Waals surface area contributed by atoms with Crippen molar-refractivity contribution in [1.82, 2.24) is 19.9 Å². The number of nitrogens with zero attached hydrogens (tertiary/aromatic N) is 5. The number of alkyl halides is 1. The third kappa shape index (κ3) is 4.85. The molecule has 3 aromatic rings. The fourth-order valence-electron chi connectivity index (χ4n) is 4.75. The number of pyridine rings is 1. The summed E-state index contributed by atoms with van der Waals surface area (Å²) in [5, 5.41) is 3.27. The molecule has 1 saturated carbocycles. The lowest BCUT2D eigenvalue weighted by Crippen LogP contribution is -2.39. The summed E-state index contributed by atoms with van der Waals surface area (Å²) in [6.07, 6.45) is 11.8. The van der Waals surface area contributed by atoms with Gasteiger partial charge in [-0.2, -0.15) is 0 Å². The molecular weight excluding hydrogens is 524 g/mol. The standard InChI is InChI=1S/C27H25F2N7O2S/c1-4-9-38-17-11-20-23(31-13-17)24(33-15-32-20)34-16-5-6-19(29)18(10-16)27(14-28)21-12-26(21,39-25(30)35-27)8-7-22(37)36(2)3/h1,5-8,10-11,13,15,21H,9,12,14H2,2-3H3,(H2,30,35)(H,32,33,34)/b8-7+/t21-,26+,27-/m1/s1. The summed E-state index contributed by atoms with van der Waals surface area (Å²) in [6.45, 7) is -0.872. The molecule has 0 radical (unpaired) electrons. The van der Waals surface area contributed by atoms with Crippen molar-refractivity contribution in [2.24, 2.45) is 16.6 Å². The number of halogens is 2. The summed E-state index contributed by atoms with van der Waals surface area (Å²) in [5.74, 6) is 1.99. The molecule has 12 heteroatoms. The summed E-state index contributed by atoms with van der Waals surface area (Å²) < 4.78 is 35.0. The van der Waals surface area contributed by atoms with Crippen molar-refractivity contribution >= 4 is 45.4 Å². The van der Waals surface area contributed by atoms with E-state index in [1.807, 2.05) is 0 Å². The van der Waals surface area contributed by atoms with Gasteiger partial charge in [-0.1, -0.05) is 23.8 Å². The molecule has 2 aliphatic rings. The van der Waals surface area contributed by atoms with Crippen LogP contribution in [-0.2, 0) is 10.3 Å². The van der Waals surface area contributed by atoms with Crippen LogP contribution in [0.1, 0.15) is 12.0 Å². The maximum Gasteiger partial charge on any atom is 0.245 e. The first kappa shape index (κ1) is 26.4. The topological polar surface area (TPSA) is 119 Å². The normalized spacial score (nSPS) is 23.6. The lowest BCUT2D eigenvalue weighted by molar-refractivity contribution is -0.123. The minimum atomic E-state index is -1.54. The van der Waals surface area contributed by atoms with Gasteiger partial charge >= 0.3 is 0 Å². The average Bonchev–Trinajstić information content (AvgIpc) is 3.66. The van der Waals surface area contributed by atoms with E-state index in [1.165, 1.54) is 53.5 Å². The van der Waals surface area contributed by atoms with Gasteiger partial charge in [-0.05, 0) is 24.6 Å². The Morgan fingerprint density at radius 1 is 1.36 bits per heavy atom. The van der Waals surface area contributed by atoms with E-state index in [0.717, 1.165) is 0 Å². The number of likely N-dealkylation sites (N-methyl/N-ethyl adjacent to an activating group) is 1. The zero-order chi connectivity index (χ0) is 27.8. The first-order valence-electron chi connectivity index (χ1n) is 12.0. The van der Waals surface area contributed by atoms with Gasteiger partial charge < -0.3 is 20.7 Å². The van der Waals surface area contributed by atoms with E-state index in [0.29, 0.717) is 34.7 Å². The van der Waals surface area contributed by atoms with E-state index < -0.39 is 28.7 Å². The molecule has 1 fully saturated rings. The number of aromatic nitrogens is 3. The summed E-state index contributed by atoms with van der Waals surface area (Å²) >= 11 is 1.27. The van der Waals surface area contributed by atoms with Crippen LogP contribution in [-0.4, -0.2) is 63.1 Å². The molecule has 9 nitrogen and oxygen atoms in total. The van der Waals surface area contributed by atoms with E-state index in [9.17, 15) is 9.18 Å². The zero-order valence-electron chi connectivity index (χ0n) is 21.2. The molecule has 3 heterocycles. The molecule has 0 bridgehead atoms. The highest BCUT2D eigenvalue weighted by atomic mass is 32.2. The third-order valence-electron chi connectivity index (χ3n) is 6.75. The van der Waals surface area contributed by atoms with Gasteiger partial charge in [-0.15, -0.1) is 6.42 Å². The number of hydrogen-bond acceptors (Lipinski definition) is 9. The molecule has 200 valence electrons. The number of nitrogens with two attached hydrogens (primary N) is 1. The third-order valence-corrected chi connectivity index (χ3v) is 8.02. The second kappa shape index (κ2) is 10.1. The highest BCUT2D eigenvalue weighted by molar-refractivity contribution is 8.15. The lowest BCUT2D eigenvalue weighted by Gasteiger charge is -2.34. The molecule has 5 rings (SSSR count). The Labute approximate surface area is 228 Å². The second-order valence-electron chi connectivity index (χ2n) is 9.46. The Morgan fingerprint density at radius 2 is 2.18 bits per heavy atom. The quantitative estimate of drug-likeness (QED) is 0.324. The number of benzene rings is 1. The molecule has 3 N–H and O–H groups in total. The number of fused-ring (bicyclic) bond motifs is 2. The number of rotatable bonds is 8. The summed E-state index contributed by atoms with van der Waals surface area (Å²) in [6, 6.07) is 5.96. The van der Waals surface area contributed by atoms with E-state index in [-0.39, 0.29) is 23.2 Å². The van der Waals surface area contributed by atoms with E-state index in [1.54, 1.807) is 26.2 Å². The molecule has 2 aromatic heterocycles. The molecule has 0 unspecified atom stereocenters. The fourth-order valence-corrected chi connectivity index (χ4v) is 6.07. The monoisotopic (exact) mass is 549 g/mol. The van der Waals surface area contributed by atoms with Gasteiger partial charge in [0.25, 0.3) is 0 Å². The number of amides is 1. The predicted molar refractivity (Wildman–Crippen MR) is 147 cm³/mol. The Morgan fingerprint density at radius 3 is 2.92 bits per heavy atom. The summed E-state index contributed by atoms with van der Waals surface area (Å²) in [5.41, 5.74) is 6.07. The largest absolute Gasteiger partial charge is 0.479 e. The Kier molecular flexibility index (Phi) is 6.86. The second-order valence-corrected chi connectivity index (χ2v) is 10.8. The summed E-state index contributed by atoms with van der Waals surface area (Å²) in [7, 11) is 3.28. The number of anilines is 2. The SMILES string of the molecule is C#CCOc1cnc2c(Nc3ccc(F)c([C@@]4(CF)N=C(N)S[C@@]5(/C=C/C(=O)N(C)C)C[C@H]54)c3)ncnc2c1. The van der Waals surface area contributed by atoms with Crippen LogP contribution >= 0.6 is 11.8 Å². The number of nitrogens with one attached hydrogen (secondary N) is 1. The maximum absolute atomic E-state index is 15.3. The fraction of sp³-hybridized carbons (Fsp3) is 0.296. The van der Waals surface area contributed by atoms with E-state index >= 15 is 4.39 Å². The molecule has 0 spiro atoms. The Balaban J connectivity index is 1.49. The van der Waals surface area contributed by atoms with Crippen molar-refractivity contribution in [2.45, 2.75) is 16.7 Å². The highest BCUT2D eigenvalue weighted by Gasteiger charge is 2.67. The Hall–Kier alpha value is -4.24. The van der Waals surface area contributed by atoms with Crippen LogP contribution in [0.3, 0.4) is 0 Å². The smallest absolute Gasteiger partial charge is 0.245 e. The van der Waals surface area contributed by atoms with Crippen molar-refractivity contribution in [3.05, 3.63) is 60.3 Å². The van der Waals surface area contributed by atoms with Crippen LogP contribution in [0.2, 0.25) is 0 Å². The van der Waals surface area contributed by atoms with Crippen molar-refractivity contribution in [2.75, 3.05) is 32.7 Å². The van der Waals surface area contributed by atoms with Crippen LogP contribution < -0.4 is 15.8 Å². The molecule has 1 aliphatic heterocycles. The number of thioether (sulfide) groups is 1. The number of hydrogen-bond donors (Lipinski definition) is 2. The van der Waals surface area contributed by atoms with Crippen molar-refractivity contribution < 1.29 is 18.3 Å². The first-order chi connectivity index (χ1) is 18.7. The molecule has 1 aliphatic carbocycles. The van der Waals surface area contributed by atoms with Crippen molar-refractivity contribution in [3.8, 4) is 18.1 Å². The maximum atomic E-state index is 15.3. The number of aliphatic imine (C=N–C) groups is 1. The molecular formula is C27H25F2N7O2S. The van der Waals surface area contributed by atoms with Crippen molar-refractivity contribution in [3.63, 3.8) is 0 Å². The van der Waals surface area contributed by atoms with Gasteiger partial charge in [0.05, 0.1) is 11.7 Å². The van der Waals surface area contributed by atoms with Gasteiger partial charge in [0.2, 0.25) is 5.91 Å². The van der Waals surface area contributed by atoms with Crippen molar-refractivity contribution in [1.29, 1.82) is 0 Å². The van der Waals surface area contributed by atoms with E-state index in [2.05, 4.69) is 31.2 Å². The molecule has 0 saturated heterocycles. The van der Waals surface area contributed by atoms with Crippen LogP contribution in [0.5, 0.6) is 5.75 Å². The number of carbonyl (C=O) groups excluding carboxylic acids is 1. The van der Waals surface area contributed by atoms with Gasteiger partial charge in [0.1, 0.15) is 42.2 Å². The van der Waals surface area contributed by atoms with Gasteiger partial charge in [0, 0.05) is 48.2 Å². The zero-order valence-corrected chi connectivity index (χ0v) is 22.0. The lowest BCUT2D eigenvalue weighted by atomic mass is 9.84. The Bertz CT molecular complexity index is 1560.